The van der Waals surface area contributed by atoms with Crippen LogP contribution >= 0.6 is 0 Å². The average Bonchev–Trinajstić information content (AvgIpc) is 2.96. The van der Waals surface area contributed by atoms with Crippen molar-refractivity contribution in [2.24, 2.45) is 23.7 Å². The Morgan fingerprint density at radius 1 is 1.12 bits per heavy atom. The van der Waals surface area contributed by atoms with E-state index in [0.717, 1.165) is 23.8 Å². The summed E-state index contributed by atoms with van der Waals surface area (Å²) < 4.78 is 12.9. The highest BCUT2D eigenvalue weighted by Gasteiger charge is 2.71. The van der Waals surface area contributed by atoms with Crippen molar-refractivity contribution in [1.29, 1.82) is 0 Å². The predicted octanol–water partition coefficient (Wildman–Crippen LogP) is 2.69. The summed E-state index contributed by atoms with van der Waals surface area (Å²) in [6.45, 7) is 0. The Morgan fingerprint density at radius 3 is 2.44 bits per heavy atom. The Kier molecular flexibility index (Phi) is 1.53. The van der Waals surface area contributed by atoms with Crippen LogP contribution in [0.5, 0.6) is 0 Å². The standard InChI is InChI=1S/C14H15FO/c15-10-4-1-8(2-5-10)14(16)9-3-6-11-12(7-9)13(11)14/h1-2,4-5,9,11-13,16H,3,6-7H2. The number of rotatable bonds is 1. The lowest BCUT2D eigenvalue weighted by molar-refractivity contribution is -0.0547. The molecule has 0 amide bonds. The van der Waals surface area contributed by atoms with Crippen LogP contribution < -0.4 is 0 Å². The minimum Gasteiger partial charge on any atom is -0.385 e. The van der Waals surface area contributed by atoms with Crippen molar-refractivity contribution >= 4 is 0 Å². The summed E-state index contributed by atoms with van der Waals surface area (Å²) in [5.74, 6) is 2.17. The van der Waals surface area contributed by atoms with Gasteiger partial charge in [0.05, 0.1) is 5.60 Å². The fourth-order valence-corrected chi connectivity index (χ4v) is 4.47. The summed E-state index contributed by atoms with van der Waals surface area (Å²) in [6.07, 6.45) is 3.62. The Balaban J connectivity index is 1.79. The van der Waals surface area contributed by atoms with Crippen molar-refractivity contribution in [3.05, 3.63) is 35.6 Å². The van der Waals surface area contributed by atoms with Crippen molar-refractivity contribution in [2.45, 2.75) is 24.9 Å². The summed E-state index contributed by atoms with van der Waals surface area (Å²) in [6, 6.07) is 6.48. The number of hydrogen-bond acceptors (Lipinski definition) is 1. The first kappa shape index (κ1) is 9.17. The van der Waals surface area contributed by atoms with E-state index >= 15 is 0 Å². The Bertz CT molecular complexity index is 433. The van der Waals surface area contributed by atoms with Crippen molar-refractivity contribution < 1.29 is 9.50 Å². The fourth-order valence-electron chi connectivity index (χ4n) is 4.47. The maximum Gasteiger partial charge on any atom is 0.123 e. The molecule has 4 aliphatic rings. The molecule has 0 heterocycles. The van der Waals surface area contributed by atoms with Gasteiger partial charge in [0.15, 0.2) is 0 Å². The van der Waals surface area contributed by atoms with Gasteiger partial charge in [-0.1, -0.05) is 12.1 Å². The molecule has 16 heavy (non-hydrogen) atoms. The molecule has 1 aromatic rings. The SMILES string of the molecule is OC1(c2ccc(F)cc2)C2CCC3C(C2)C31. The second-order valence-corrected chi connectivity index (χ2v) is 5.70. The van der Waals surface area contributed by atoms with Crippen LogP contribution in [-0.4, -0.2) is 5.11 Å². The van der Waals surface area contributed by atoms with Crippen LogP contribution in [0.1, 0.15) is 24.8 Å². The van der Waals surface area contributed by atoms with Crippen LogP contribution in [0.3, 0.4) is 0 Å². The first-order chi connectivity index (χ1) is 7.71. The molecule has 4 fully saturated rings. The summed E-state index contributed by atoms with van der Waals surface area (Å²) in [5, 5.41) is 10.9. The van der Waals surface area contributed by atoms with Crippen molar-refractivity contribution in [3.8, 4) is 0 Å². The summed E-state index contributed by atoms with van der Waals surface area (Å²) >= 11 is 0. The highest BCUT2D eigenvalue weighted by molar-refractivity contribution is 5.33. The Labute approximate surface area is 94.3 Å². The van der Waals surface area contributed by atoms with Gasteiger partial charge >= 0.3 is 0 Å². The summed E-state index contributed by atoms with van der Waals surface area (Å²) in [5.41, 5.74) is 0.301. The maximum absolute atomic E-state index is 12.9. The monoisotopic (exact) mass is 218 g/mol. The molecule has 5 atom stereocenters. The number of halogens is 1. The second kappa shape index (κ2) is 2.67. The zero-order chi connectivity index (χ0) is 10.9. The average molecular weight is 218 g/mol. The highest BCUT2D eigenvalue weighted by atomic mass is 19.1. The van der Waals surface area contributed by atoms with Gasteiger partial charge in [-0.25, -0.2) is 4.39 Å². The molecule has 5 unspecified atom stereocenters. The van der Waals surface area contributed by atoms with Gasteiger partial charge in [0.2, 0.25) is 0 Å². The van der Waals surface area contributed by atoms with E-state index in [1.807, 2.05) is 0 Å². The van der Waals surface area contributed by atoms with Crippen LogP contribution in [0, 0.1) is 29.5 Å². The van der Waals surface area contributed by atoms with Gasteiger partial charge in [0.25, 0.3) is 0 Å². The molecular weight excluding hydrogens is 203 g/mol. The maximum atomic E-state index is 12.9. The van der Waals surface area contributed by atoms with Gasteiger partial charge in [-0.15, -0.1) is 0 Å². The van der Waals surface area contributed by atoms with E-state index in [0.29, 0.717) is 11.8 Å². The predicted molar refractivity (Wildman–Crippen MR) is 58.1 cm³/mol. The smallest absolute Gasteiger partial charge is 0.123 e. The molecule has 0 aromatic heterocycles. The van der Waals surface area contributed by atoms with E-state index in [1.165, 1.54) is 25.0 Å². The van der Waals surface area contributed by atoms with Gasteiger partial charge in [-0.2, -0.15) is 0 Å². The summed E-state index contributed by atoms with van der Waals surface area (Å²) in [4.78, 5) is 0. The number of benzene rings is 1. The molecule has 4 aliphatic carbocycles. The van der Waals surface area contributed by atoms with Crippen molar-refractivity contribution in [1.82, 2.24) is 0 Å². The molecule has 0 radical (unpaired) electrons. The third-order valence-electron chi connectivity index (χ3n) is 5.17. The van der Waals surface area contributed by atoms with Crippen LogP contribution in [-0.2, 0) is 5.60 Å². The van der Waals surface area contributed by atoms with Gasteiger partial charge in [-0.3, -0.25) is 0 Å². The van der Waals surface area contributed by atoms with Crippen LogP contribution in [0.2, 0.25) is 0 Å². The first-order valence-electron chi connectivity index (χ1n) is 6.19. The Morgan fingerprint density at radius 2 is 1.88 bits per heavy atom. The zero-order valence-electron chi connectivity index (χ0n) is 9.07. The third kappa shape index (κ3) is 0.904. The molecule has 0 saturated heterocycles. The molecule has 1 N–H and O–H groups in total. The van der Waals surface area contributed by atoms with Crippen LogP contribution in [0.15, 0.2) is 24.3 Å². The van der Waals surface area contributed by atoms with Crippen molar-refractivity contribution in [2.75, 3.05) is 0 Å². The first-order valence-corrected chi connectivity index (χ1v) is 6.19. The normalized spacial score (nSPS) is 48.1. The van der Waals surface area contributed by atoms with E-state index in [1.54, 1.807) is 12.1 Å². The van der Waals surface area contributed by atoms with Gasteiger partial charge in [-0.05, 0) is 60.6 Å². The highest BCUT2D eigenvalue weighted by Crippen LogP contribution is 2.73. The molecule has 4 saturated carbocycles. The molecule has 84 valence electrons. The third-order valence-corrected chi connectivity index (χ3v) is 5.17. The van der Waals surface area contributed by atoms with E-state index in [2.05, 4.69) is 0 Å². The van der Waals surface area contributed by atoms with E-state index in [4.69, 9.17) is 0 Å². The molecule has 0 spiro atoms. The molecule has 1 nitrogen and oxygen atoms in total. The fraction of sp³-hybridized carbons (Fsp3) is 0.571. The van der Waals surface area contributed by atoms with E-state index < -0.39 is 5.60 Å². The minimum absolute atomic E-state index is 0.220. The van der Waals surface area contributed by atoms with Crippen LogP contribution in [0.25, 0.3) is 0 Å². The molecule has 5 rings (SSSR count). The van der Waals surface area contributed by atoms with Crippen LogP contribution in [0.4, 0.5) is 4.39 Å². The second-order valence-electron chi connectivity index (χ2n) is 5.70. The van der Waals surface area contributed by atoms with Gasteiger partial charge in [0, 0.05) is 0 Å². The summed E-state index contributed by atoms with van der Waals surface area (Å²) in [7, 11) is 0. The molecule has 0 aliphatic heterocycles. The number of hydrogen-bond donors (Lipinski definition) is 1. The molecule has 4 bridgehead atoms. The van der Waals surface area contributed by atoms with E-state index in [9.17, 15) is 9.50 Å². The zero-order valence-corrected chi connectivity index (χ0v) is 9.07. The number of fused-ring (bicyclic) bond motifs is 1. The lowest BCUT2D eigenvalue weighted by Gasteiger charge is -2.38. The van der Waals surface area contributed by atoms with Gasteiger partial charge in [0.1, 0.15) is 5.82 Å². The minimum atomic E-state index is -0.638. The quantitative estimate of drug-likeness (QED) is 0.768. The Hall–Kier alpha value is -0.890. The van der Waals surface area contributed by atoms with Crippen molar-refractivity contribution in [3.63, 3.8) is 0 Å². The van der Waals surface area contributed by atoms with E-state index in [-0.39, 0.29) is 5.82 Å². The lowest BCUT2D eigenvalue weighted by atomic mass is 9.71. The molecule has 1 aromatic carbocycles. The lowest BCUT2D eigenvalue weighted by Crippen LogP contribution is -2.38. The topological polar surface area (TPSA) is 20.2 Å². The molecule has 2 heteroatoms. The largest absolute Gasteiger partial charge is 0.385 e. The number of aliphatic hydroxyl groups is 1. The molecular formula is C14H15FO. The van der Waals surface area contributed by atoms with Gasteiger partial charge < -0.3 is 5.11 Å².